The molecule has 0 aliphatic carbocycles. The third kappa shape index (κ3) is 10.9. The number of ether oxygens (including phenoxy) is 3. The average Bonchev–Trinajstić information content (AvgIpc) is 2.82. The molecule has 1 heterocycles. The number of likely N-dealkylation sites (N-methyl/N-ethyl adjacent to an activating group) is 1. The van der Waals surface area contributed by atoms with Crippen LogP contribution in [0.2, 0.25) is 0 Å². The van der Waals surface area contributed by atoms with Crippen LogP contribution in [0.5, 0.6) is 0 Å². The highest BCUT2D eigenvalue weighted by Crippen LogP contribution is 2.22. The molecule has 8 N–H and O–H groups in total. The van der Waals surface area contributed by atoms with E-state index < -0.39 is 79.3 Å². The number of hydrogen-bond donors (Lipinski definition) is 8. The fourth-order valence-corrected chi connectivity index (χ4v) is 3.46. The minimum Gasteiger partial charge on any atom is -0.481 e. The van der Waals surface area contributed by atoms with Crippen LogP contribution in [0.15, 0.2) is 0 Å². The fourth-order valence-electron chi connectivity index (χ4n) is 3.46. The molecule has 0 bridgehead atoms. The van der Waals surface area contributed by atoms with Crippen molar-refractivity contribution in [2.24, 2.45) is 0 Å². The maximum Gasteiger partial charge on any atom is 0.321 e. The van der Waals surface area contributed by atoms with E-state index in [0.717, 1.165) is 0 Å². The van der Waals surface area contributed by atoms with Gasteiger partial charge in [0.15, 0.2) is 6.29 Å². The topological polar surface area (TPSA) is 241 Å². The number of aliphatic carboxylic acids is 2. The number of carbonyl (C=O) groups is 4. The highest BCUT2D eigenvalue weighted by atomic mass is 16.6. The van der Waals surface area contributed by atoms with Crippen molar-refractivity contribution in [1.82, 2.24) is 10.6 Å². The maximum atomic E-state index is 12.4. The maximum absolute atomic E-state index is 12.4. The van der Waals surface area contributed by atoms with Crippen LogP contribution in [0.3, 0.4) is 0 Å². The molecule has 15 nitrogen and oxygen atoms in total. The molecule has 1 rings (SSSR count). The molecule has 0 aromatic carbocycles. The van der Waals surface area contributed by atoms with Gasteiger partial charge in [0.05, 0.1) is 38.8 Å². The van der Waals surface area contributed by atoms with Gasteiger partial charge in [-0.1, -0.05) is 0 Å². The van der Waals surface area contributed by atoms with Gasteiger partial charge in [-0.05, 0) is 13.5 Å². The highest BCUT2D eigenvalue weighted by molar-refractivity contribution is 5.90. The Kier molecular flexibility index (Phi) is 14.8. The Labute approximate surface area is 207 Å². The van der Waals surface area contributed by atoms with E-state index in [1.54, 1.807) is 0 Å². The SMILES string of the molecule is CNC(CC(=O)CNC(CC(=O)O)C(=O)CCCOCCO[C@@H]1C(O)[C@H](O)OC(CO)[C@H]1O)C(=O)O. The van der Waals surface area contributed by atoms with E-state index in [0.29, 0.717) is 0 Å². The predicted molar refractivity (Wildman–Crippen MR) is 119 cm³/mol. The lowest BCUT2D eigenvalue weighted by Gasteiger charge is -2.39. The van der Waals surface area contributed by atoms with Crippen LogP contribution in [-0.2, 0) is 33.4 Å². The van der Waals surface area contributed by atoms with Crippen molar-refractivity contribution in [2.75, 3.05) is 40.0 Å². The van der Waals surface area contributed by atoms with Crippen LogP contribution in [0.4, 0.5) is 0 Å². The Balaban J connectivity index is 2.36. The van der Waals surface area contributed by atoms with Gasteiger partial charge in [0, 0.05) is 19.4 Å². The summed E-state index contributed by atoms with van der Waals surface area (Å²) in [5, 5.41) is 61.7. The van der Waals surface area contributed by atoms with Gasteiger partial charge in [-0.15, -0.1) is 0 Å². The van der Waals surface area contributed by atoms with Gasteiger partial charge in [-0.2, -0.15) is 0 Å². The Morgan fingerprint density at radius 1 is 0.972 bits per heavy atom. The van der Waals surface area contributed by atoms with Crippen molar-refractivity contribution >= 4 is 23.5 Å². The van der Waals surface area contributed by atoms with E-state index in [4.69, 9.17) is 29.5 Å². The standard InChI is InChI=1S/C21H36N2O13/c1-22-13(20(31)32)7-11(25)9-23-12(8-16(27)28)14(26)3-2-4-34-5-6-35-19-17(29)15(10-24)36-21(33)18(19)30/h12-13,15,17-19,21-24,29-30,33H,2-10H2,1H3,(H,27,28)(H,31,32)/t12?,13?,15?,17-,18?,19+,21-/m1/s1. The van der Waals surface area contributed by atoms with Gasteiger partial charge in [0.25, 0.3) is 0 Å². The quantitative estimate of drug-likeness (QED) is 0.0756. The van der Waals surface area contributed by atoms with Gasteiger partial charge < -0.3 is 55.5 Å². The lowest BCUT2D eigenvalue weighted by molar-refractivity contribution is -0.295. The van der Waals surface area contributed by atoms with E-state index in [1.165, 1.54) is 7.05 Å². The molecule has 0 radical (unpaired) electrons. The zero-order valence-corrected chi connectivity index (χ0v) is 19.9. The van der Waals surface area contributed by atoms with Crippen LogP contribution in [0.25, 0.3) is 0 Å². The molecule has 0 aromatic heterocycles. The zero-order chi connectivity index (χ0) is 27.3. The Bertz CT molecular complexity index is 722. The normalized spacial score (nSPS) is 25.8. The number of ketones is 2. The zero-order valence-electron chi connectivity index (χ0n) is 19.9. The summed E-state index contributed by atoms with van der Waals surface area (Å²) in [4.78, 5) is 46.4. The number of aliphatic hydroxyl groups is 4. The molecular weight excluding hydrogens is 488 g/mol. The van der Waals surface area contributed by atoms with Gasteiger partial charge >= 0.3 is 11.9 Å². The van der Waals surface area contributed by atoms with E-state index in [-0.39, 0.29) is 45.6 Å². The number of rotatable bonds is 19. The molecule has 1 aliphatic rings. The van der Waals surface area contributed by atoms with Gasteiger partial charge in [0.1, 0.15) is 42.0 Å². The number of nitrogens with one attached hydrogen (secondary N) is 2. The Morgan fingerprint density at radius 3 is 2.25 bits per heavy atom. The van der Waals surface area contributed by atoms with E-state index in [9.17, 15) is 34.5 Å². The Morgan fingerprint density at radius 2 is 1.67 bits per heavy atom. The second kappa shape index (κ2) is 16.6. The molecule has 15 heteroatoms. The summed E-state index contributed by atoms with van der Waals surface area (Å²) in [6.45, 7) is -0.894. The number of carboxylic acid groups (broad SMARTS) is 2. The summed E-state index contributed by atoms with van der Waals surface area (Å²) in [5.74, 6) is -3.40. The summed E-state index contributed by atoms with van der Waals surface area (Å²) in [7, 11) is 1.39. The van der Waals surface area contributed by atoms with Gasteiger partial charge in [0.2, 0.25) is 0 Å². The van der Waals surface area contributed by atoms with Crippen LogP contribution in [-0.4, -0.2) is 137 Å². The second-order valence-electron chi connectivity index (χ2n) is 8.20. The van der Waals surface area contributed by atoms with Crippen LogP contribution >= 0.6 is 0 Å². The first-order valence-corrected chi connectivity index (χ1v) is 11.4. The smallest absolute Gasteiger partial charge is 0.321 e. The van der Waals surface area contributed by atoms with E-state index in [2.05, 4.69) is 10.6 Å². The minimum atomic E-state index is -1.63. The third-order valence-corrected chi connectivity index (χ3v) is 5.48. The van der Waals surface area contributed by atoms with Gasteiger partial charge in [-0.3, -0.25) is 19.2 Å². The third-order valence-electron chi connectivity index (χ3n) is 5.48. The van der Waals surface area contributed by atoms with E-state index >= 15 is 0 Å². The van der Waals surface area contributed by atoms with Crippen LogP contribution < -0.4 is 10.6 Å². The lowest BCUT2D eigenvalue weighted by atomic mass is 9.99. The Hall–Kier alpha value is -2.08. The van der Waals surface area contributed by atoms with Crippen molar-refractivity contribution in [3.05, 3.63) is 0 Å². The van der Waals surface area contributed by atoms with Crippen molar-refractivity contribution in [3.8, 4) is 0 Å². The molecule has 0 saturated carbocycles. The van der Waals surface area contributed by atoms with Crippen LogP contribution in [0.1, 0.15) is 25.7 Å². The molecule has 1 saturated heterocycles. The summed E-state index contributed by atoms with van der Waals surface area (Å²) in [6, 6.07) is -2.22. The van der Waals surface area contributed by atoms with Crippen molar-refractivity contribution in [3.63, 3.8) is 0 Å². The number of carboxylic acids is 2. The molecule has 208 valence electrons. The minimum absolute atomic E-state index is 0.0202. The lowest BCUT2D eigenvalue weighted by Crippen LogP contribution is -2.59. The largest absolute Gasteiger partial charge is 0.481 e. The molecule has 7 atom stereocenters. The monoisotopic (exact) mass is 524 g/mol. The summed E-state index contributed by atoms with van der Waals surface area (Å²) in [5.41, 5.74) is 0. The summed E-state index contributed by atoms with van der Waals surface area (Å²) in [6.07, 6.45) is -7.55. The first kappa shape index (κ1) is 31.9. The summed E-state index contributed by atoms with van der Waals surface area (Å²) < 4.78 is 15.5. The predicted octanol–water partition coefficient (Wildman–Crippen LogP) is -3.77. The van der Waals surface area contributed by atoms with Crippen LogP contribution in [0, 0.1) is 0 Å². The molecule has 0 aromatic rings. The number of Topliss-reactive ketones (excluding diaryl/α,β-unsaturated/α-hetero) is 2. The van der Waals surface area contributed by atoms with Crippen molar-refractivity contribution in [2.45, 2.75) is 68.5 Å². The molecule has 0 spiro atoms. The highest BCUT2D eigenvalue weighted by Gasteiger charge is 2.44. The molecule has 0 amide bonds. The molecule has 1 fully saturated rings. The first-order valence-electron chi connectivity index (χ1n) is 11.4. The van der Waals surface area contributed by atoms with Crippen molar-refractivity contribution in [1.29, 1.82) is 0 Å². The molecule has 4 unspecified atom stereocenters. The van der Waals surface area contributed by atoms with E-state index in [1.807, 2.05) is 0 Å². The molecule has 1 aliphatic heterocycles. The molecular formula is C21H36N2O13. The number of aliphatic hydroxyl groups excluding tert-OH is 4. The van der Waals surface area contributed by atoms with Crippen molar-refractivity contribution < 1.29 is 64.0 Å². The molecule has 36 heavy (non-hydrogen) atoms. The first-order chi connectivity index (χ1) is 17.0. The average molecular weight is 525 g/mol. The second-order valence-corrected chi connectivity index (χ2v) is 8.20. The van der Waals surface area contributed by atoms with Gasteiger partial charge in [-0.25, -0.2) is 0 Å². The fraction of sp³-hybridized carbons (Fsp3) is 0.810. The summed E-state index contributed by atoms with van der Waals surface area (Å²) >= 11 is 0. The number of carbonyl (C=O) groups excluding carboxylic acids is 2. The number of hydrogen-bond acceptors (Lipinski definition) is 13.